The zero-order chi connectivity index (χ0) is 16.1. The van der Waals surface area contributed by atoms with Crippen LogP contribution in [0, 0.1) is 5.92 Å². The number of nitrogens with one attached hydrogen (secondary N) is 1. The SMILES string of the molecule is CC(C)[C@H](N)C(=O)N[C@@H](C)c1cnn(Cc2ccccc2)c1. The summed E-state index contributed by atoms with van der Waals surface area (Å²) in [6.07, 6.45) is 3.74. The highest BCUT2D eigenvalue weighted by atomic mass is 16.2. The third-order valence-electron chi connectivity index (χ3n) is 3.72. The summed E-state index contributed by atoms with van der Waals surface area (Å²) >= 11 is 0. The number of carbonyl (C=O) groups is 1. The number of rotatable bonds is 6. The average molecular weight is 300 g/mol. The molecule has 1 aromatic heterocycles. The molecule has 22 heavy (non-hydrogen) atoms. The van der Waals surface area contributed by atoms with Crippen molar-refractivity contribution in [1.82, 2.24) is 15.1 Å². The van der Waals surface area contributed by atoms with Gasteiger partial charge in [0, 0.05) is 11.8 Å². The Morgan fingerprint density at radius 2 is 1.95 bits per heavy atom. The zero-order valence-electron chi connectivity index (χ0n) is 13.4. The van der Waals surface area contributed by atoms with E-state index < -0.39 is 6.04 Å². The van der Waals surface area contributed by atoms with E-state index in [0.29, 0.717) is 6.54 Å². The van der Waals surface area contributed by atoms with Gasteiger partial charge in [0.2, 0.25) is 5.91 Å². The number of amides is 1. The van der Waals surface area contributed by atoms with E-state index in [4.69, 9.17) is 5.73 Å². The summed E-state index contributed by atoms with van der Waals surface area (Å²) in [6, 6.07) is 9.55. The molecule has 0 aliphatic heterocycles. The van der Waals surface area contributed by atoms with Crippen molar-refractivity contribution in [2.75, 3.05) is 0 Å². The fourth-order valence-corrected chi connectivity index (χ4v) is 2.16. The normalized spacial score (nSPS) is 13.9. The van der Waals surface area contributed by atoms with Crippen molar-refractivity contribution in [3.63, 3.8) is 0 Å². The average Bonchev–Trinajstić information content (AvgIpc) is 2.96. The number of nitrogens with two attached hydrogens (primary N) is 1. The molecule has 0 saturated carbocycles. The number of hydrogen-bond donors (Lipinski definition) is 2. The molecule has 5 nitrogen and oxygen atoms in total. The molecular formula is C17H24N4O. The van der Waals surface area contributed by atoms with E-state index in [0.717, 1.165) is 5.56 Å². The van der Waals surface area contributed by atoms with Gasteiger partial charge in [0.05, 0.1) is 24.8 Å². The van der Waals surface area contributed by atoms with Gasteiger partial charge in [-0.3, -0.25) is 9.48 Å². The third-order valence-corrected chi connectivity index (χ3v) is 3.72. The second kappa shape index (κ2) is 7.22. The topological polar surface area (TPSA) is 72.9 Å². The van der Waals surface area contributed by atoms with Crippen molar-refractivity contribution in [1.29, 1.82) is 0 Å². The molecule has 5 heteroatoms. The number of benzene rings is 1. The van der Waals surface area contributed by atoms with Gasteiger partial charge in [-0.05, 0) is 18.4 Å². The Balaban J connectivity index is 1.97. The largest absolute Gasteiger partial charge is 0.348 e. The minimum absolute atomic E-state index is 0.109. The van der Waals surface area contributed by atoms with Gasteiger partial charge < -0.3 is 11.1 Å². The molecule has 0 fully saturated rings. The van der Waals surface area contributed by atoms with Crippen molar-refractivity contribution >= 4 is 5.91 Å². The summed E-state index contributed by atoms with van der Waals surface area (Å²) in [7, 11) is 0. The summed E-state index contributed by atoms with van der Waals surface area (Å²) in [5.41, 5.74) is 8.02. The summed E-state index contributed by atoms with van der Waals surface area (Å²) in [4.78, 5) is 12.0. The van der Waals surface area contributed by atoms with Gasteiger partial charge in [-0.1, -0.05) is 44.2 Å². The van der Waals surface area contributed by atoms with Crippen LogP contribution in [0.3, 0.4) is 0 Å². The van der Waals surface area contributed by atoms with Crippen LogP contribution in [0.2, 0.25) is 0 Å². The van der Waals surface area contributed by atoms with Crippen molar-refractivity contribution < 1.29 is 4.79 Å². The molecule has 0 aliphatic carbocycles. The Bertz CT molecular complexity index is 606. The first-order valence-corrected chi connectivity index (χ1v) is 7.59. The molecule has 1 heterocycles. The summed E-state index contributed by atoms with van der Waals surface area (Å²) < 4.78 is 1.87. The molecule has 3 N–H and O–H groups in total. The number of hydrogen-bond acceptors (Lipinski definition) is 3. The van der Waals surface area contributed by atoms with Crippen LogP contribution in [-0.2, 0) is 11.3 Å². The van der Waals surface area contributed by atoms with Gasteiger partial charge in [0.1, 0.15) is 0 Å². The van der Waals surface area contributed by atoms with Gasteiger partial charge >= 0.3 is 0 Å². The van der Waals surface area contributed by atoms with Crippen molar-refractivity contribution in [3.8, 4) is 0 Å². The lowest BCUT2D eigenvalue weighted by Crippen LogP contribution is -2.44. The van der Waals surface area contributed by atoms with E-state index in [-0.39, 0.29) is 17.9 Å². The smallest absolute Gasteiger partial charge is 0.237 e. The van der Waals surface area contributed by atoms with E-state index in [2.05, 4.69) is 22.5 Å². The Kier molecular flexibility index (Phi) is 5.33. The van der Waals surface area contributed by atoms with E-state index in [9.17, 15) is 4.79 Å². The predicted molar refractivity (Wildman–Crippen MR) is 87.1 cm³/mol. The minimum Gasteiger partial charge on any atom is -0.348 e. The van der Waals surface area contributed by atoms with Gasteiger partial charge in [-0.15, -0.1) is 0 Å². The molecule has 0 spiro atoms. The van der Waals surface area contributed by atoms with Gasteiger partial charge in [0.25, 0.3) is 0 Å². The molecule has 0 saturated heterocycles. The van der Waals surface area contributed by atoms with E-state index >= 15 is 0 Å². The van der Waals surface area contributed by atoms with Crippen LogP contribution >= 0.6 is 0 Å². The number of aromatic nitrogens is 2. The zero-order valence-corrected chi connectivity index (χ0v) is 13.4. The molecule has 0 radical (unpaired) electrons. The monoisotopic (exact) mass is 300 g/mol. The maximum atomic E-state index is 12.0. The first-order valence-electron chi connectivity index (χ1n) is 7.59. The molecule has 2 atom stereocenters. The lowest BCUT2D eigenvalue weighted by Gasteiger charge is -2.18. The van der Waals surface area contributed by atoms with Crippen LogP contribution in [0.25, 0.3) is 0 Å². The second-order valence-electron chi connectivity index (χ2n) is 5.96. The molecule has 0 unspecified atom stereocenters. The van der Waals surface area contributed by atoms with Gasteiger partial charge in [-0.25, -0.2) is 0 Å². The Labute approximate surface area is 131 Å². The maximum Gasteiger partial charge on any atom is 0.237 e. The molecule has 2 aromatic rings. The van der Waals surface area contributed by atoms with Crippen LogP contribution in [0.4, 0.5) is 0 Å². The van der Waals surface area contributed by atoms with Crippen LogP contribution in [0.5, 0.6) is 0 Å². The lowest BCUT2D eigenvalue weighted by atomic mass is 10.0. The van der Waals surface area contributed by atoms with Crippen LogP contribution in [0.15, 0.2) is 42.7 Å². The Hall–Kier alpha value is -2.14. The van der Waals surface area contributed by atoms with Gasteiger partial charge in [-0.2, -0.15) is 5.10 Å². The fraction of sp³-hybridized carbons (Fsp3) is 0.412. The van der Waals surface area contributed by atoms with E-state index in [1.54, 1.807) is 6.20 Å². The van der Waals surface area contributed by atoms with Crippen molar-refractivity contribution in [2.45, 2.75) is 39.4 Å². The molecular weight excluding hydrogens is 276 g/mol. The maximum absolute atomic E-state index is 12.0. The van der Waals surface area contributed by atoms with Crippen molar-refractivity contribution in [2.24, 2.45) is 11.7 Å². The van der Waals surface area contributed by atoms with Crippen LogP contribution in [0.1, 0.15) is 37.9 Å². The Morgan fingerprint density at radius 1 is 1.27 bits per heavy atom. The standard InChI is InChI=1S/C17H24N4O/c1-12(2)16(18)17(22)20-13(3)15-9-19-21(11-15)10-14-7-5-4-6-8-14/h4-9,11-13,16H,10,18H2,1-3H3,(H,20,22)/t13-,16-/m0/s1. The quantitative estimate of drug-likeness (QED) is 0.858. The molecule has 2 rings (SSSR count). The molecule has 1 amide bonds. The first kappa shape index (κ1) is 16.2. The van der Waals surface area contributed by atoms with Crippen LogP contribution in [-0.4, -0.2) is 21.7 Å². The first-order chi connectivity index (χ1) is 10.5. The van der Waals surface area contributed by atoms with Crippen LogP contribution < -0.4 is 11.1 Å². The lowest BCUT2D eigenvalue weighted by molar-refractivity contribution is -0.123. The minimum atomic E-state index is -0.484. The summed E-state index contributed by atoms with van der Waals surface area (Å²) in [5.74, 6) is -0.00804. The summed E-state index contributed by atoms with van der Waals surface area (Å²) in [6.45, 7) is 6.53. The van der Waals surface area contributed by atoms with Crippen molar-refractivity contribution in [3.05, 3.63) is 53.9 Å². The fourth-order valence-electron chi connectivity index (χ4n) is 2.16. The van der Waals surface area contributed by atoms with E-state index in [1.165, 1.54) is 5.56 Å². The molecule has 1 aromatic carbocycles. The van der Waals surface area contributed by atoms with E-state index in [1.807, 2.05) is 49.8 Å². The predicted octanol–water partition coefficient (Wildman–Crippen LogP) is 2.09. The Morgan fingerprint density at radius 3 is 2.59 bits per heavy atom. The molecule has 118 valence electrons. The second-order valence-corrected chi connectivity index (χ2v) is 5.96. The third kappa shape index (κ3) is 4.18. The number of carbonyl (C=O) groups excluding carboxylic acids is 1. The van der Waals surface area contributed by atoms with Gasteiger partial charge in [0.15, 0.2) is 0 Å². The molecule has 0 aliphatic rings. The molecule has 0 bridgehead atoms. The summed E-state index contributed by atoms with van der Waals surface area (Å²) in [5, 5.41) is 7.29. The number of nitrogens with zero attached hydrogens (tertiary/aromatic N) is 2. The highest BCUT2D eigenvalue weighted by Gasteiger charge is 2.20. The highest BCUT2D eigenvalue weighted by molar-refractivity contribution is 5.82. The highest BCUT2D eigenvalue weighted by Crippen LogP contribution is 2.13.